The summed E-state index contributed by atoms with van der Waals surface area (Å²) in [5, 5.41) is 9.54. The van der Waals surface area contributed by atoms with Crippen LogP contribution >= 0.6 is 11.6 Å². The molecule has 1 N–H and O–H groups in total. The molecule has 2 aromatic heterocycles. The molecule has 3 heterocycles. The Morgan fingerprint density at radius 3 is 3.12 bits per heavy atom. The van der Waals surface area contributed by atoms with Crippen molar-refractivity contribution in [2.24, 2.45) is 0 Å². The van der Waals surface area contributed by atoms with Crippen molar-refractivity contribution in [3.8, 4) is 0 Å². The number of hydrogen-bond donors (Lipinski definition) is 1. The lowest BCUT2D eigenvalue weighted by Gasteiger charge is -2.13. The number of carboxylic acid groups (broad SMARTS) is 1. The lowest BCUT2D eigenvalue weighted by Crippen LogP contribution is -2.28. The number of unbranched alkanes of at least 4 members (excludes halogenated alkanes) is 1. The van der Waals surface area contributed by atoms with Crippen molar-refractivity contribution >= 4 is 28.7 Å². The number of ether oxygens (including phenoxy) is 1. The number of carbonyl (C=O) groups is 1. The molecule has 1 saturated heterocycles. The van der Waals surface area contributed by atoms with E-state index >= 15 is 0 Å². The van der Waals surface area contributed by atoms with Crippen LogP contribution in [0.15, 0.2) is 24.4 Å². The number of rotatable bonds is 6. The maximum absolute atomic E-state index is 10.8. The van der Waals surface area contributed by atoms with Crippen molar-refractivity contribution in [2.75, 3.05) is 19.7 Å². The molecule has 3 rings (SSSR count). The maximum atomic E-state index is 10.8. The van der Waals surface area contributed by atoms with E-state index in [9.17, 15) is 4.79 Å². The summed E-state index contributed by atoms with van der Waals surface area (Å²) in [6, 6.07) is 5.64. The first-order valence-electron chi connectivity index (χ1n) is 8.13. The zero-order chi connectivity index (χ0) is 16.9. The third-order valence-electron chi connectivity index (χ3n) is 4.17. The Balaban J connectivity index is 1.42. The summed E-state index contributed by atoms with van der Waals surface area (Å²) in [5.41, 5.74) is 2.50. The third kappa shape index (κ3) is 4.13. The van der Waals surface area contributed by atoms with Gasteiger partial charge in [0.15, 0.2) is 0 Å². The third-order valence-corrected chi connectivity index (χ3v) is 4.45. The van der Waals surface area contributed by atoms with E-state index < -0.39 is 6.09 Å². The highest BCUT2D eigenvalue weighted by atomic mass is 35.5. The number of nitrogens with zero attached hydrogens (tertiary/aromatic N) is 3. The van der Waals surface area contributed by atoms with Gasteiger partial charge in [0.25, 0.3) is 0 Å². The summed E-state index contributed by atoms with van der Waals surface area (Å²) >= 11 is 6.25. The van der Waals surface area contributed by atoms with Crippen molar-refractivity contribution in [2.45, 2.75) is 31.8 Å². The van der Waals surface area contributed by atoms with E-state index in [4.69, 9.17) is 21.4 Å². The lowest BCUT2D eigenvalue weighted by atomic mass is 10.1. The minimum atomic E-state index is -0.866. The number of amides is 1. The van der Waals surface area contributed by atoms with Crippen LogP contribution in [-0.2, 0) is 11.2 Å². The van der Waals surface area contributed by atoms with Gasteiger partial charge >= 0.3 is 6.09 Å². The number of hydrogen-bond acceptors (Lipinski definition) is 4. The molecule has 1 unspecified atom stereocenters. The van der Waals surface area contributed by atoms with Crippen LogP contribution in [0.25, 0.3) is 11.0 Å². The molecule has 2 aromatic rings. The van der Waals surface area contributed by atoms with E-state index in [0.717, 1.165) is 42.4 Å². The fourth-order valence-corrected chi connectivity index (χ4v) is 3.17. The van der Waals surface area contributed by atoms with Crippen molar-refractivity contribution in [1.29, 1.82) is 0 Å². The van der Waals surface area contributed by atoms with Crippen molar-refractivity contribution in [1.82, 2.24) is 14.9 Å². The van der Waals surface area contributed by atoms with Gasteiger partial charge in [0.2, 0.25) is 0 Å². The van der Waals surface area contributed by atoms with Crippen LogP contribution in [0.4, 0.5) is 4.79 Å². The van der Waals surface area contributed by atoms with Gasteiger partial charge < -0.3 is 14.7 Å². The Hall–Kier alpha value is -1.92. The molecule has 1 amide bonds. The average molecular weight is 350 g/mol. The van der Waals surface area contributed by atoms with E-state index in [0.29, 0.717) is 24.7 Å². The zero-order valence-corrected chi connectivity index (χ0v) is 14.1. The first kappa shape index (κ1) is 16.9. The van der Waals surface area contributed by atoms with Crippen LogP contribution < -0.4 is 0 Å². The van der Waals surface area contributed by atoms with Crippen LogP contribution in [0.5, 0.6) is 0 Å². The molecule has 1 fully saturated rings. The highest BCUT2D eigenvalue weighted by Crippen LogP contribution is 2.21. The second-order valence-electron chi connectivity index (χ2n) is 5.93. The first-order chi connectivity index (χ1) is 11.6. The van der Waals surface area contributed by atoms with E-state index in [-0.39, 0.29) is 6.10 Å². The molecule has 1 aliphatic heterocycles. The standard InChI is InChI=1S/C17H20ClN3O3/c18-14-10-12(20-15-5-3-7-19-16(14)15)4-1-2-9-24-13-6-8-21(11-13)17(22)23/h3,5,7,10,13H,1-2,4,6,8-9,11H2,(H,22,23). The van der Waals surface area contributed by atoms with Crippen molar-refractivity contribution in [3.05, 3.63) is 35.1 Å². The van der Waals surface area contributed by atoms with Gasteiger partial charge in [-0.2, -0.15) is 0 Å². The summed E-state index contributed by atoms with van der Waals surface area (Å²) in [6.45, 7) is 1.68. The summed E-state index contributed by atoms with van der Waals surface area (Å²) in [6.07, 6.45) is 4.34. The molecule has 0 aliphatic carbocycles. The van der Waals surface area contributed by atoms with Crippen LogP contribution in [0.3, 0.4) is 0 Å². The Morgan fingerprint density at radius 2 is 2.33 bits per heavy atom. The predicted octanol–water partition coefficient (Wildman–Crippen LogP) is 3.37. The molecule has 0 saturated carbocycles. The molecule has 0 bridgehead atoms. The molecule has 0 radical (unpaired) electrons. The number of likely N-dealkylation sites (tertiary alicyclic amines) is 1. The fourth-order valence-electron chi connectivity index (χ4n) is 2.90. The first-order valence-corrected chi connectivity index (χ1v) is 8.51. The van der Waals surface area contributed by atoms with E-state index in [1.165, 1.54) is 4.90 Å². The number of aromatic nitrogens is 2. The quantitative estimate of drug-likeness (QED) is 0.809. The molecule has 1 aliphatic rings. The van der Waals surface area contributed by atoms with E-state index in [1.54, 1.807) is 6.20 Å². The van der Waals surface area contributed by atoms with Gasteiger partial charge in [-0.1, -0.05) is 11.6 Å². The summed E-state index contributed by atoms with van der Waals surface area (Å²) < 4.78 is 5.75. The fraction of sp³-hybridized carbons (Fsp3) is 0.471. The highest BCUT2D eigenvalue weighted by molar-refractivity contribution is 6.34. The smallest absolute Gasteiger partial charge is 0.407 e. The van der Waals surface area contributed by atoms with Gasteiger partial charge in [-0.15, -0.1) is 0 Å². The average Bonchev–Trinajstić information content (AvgIpc) is 3.04. The monoisotopic (exact) mass is 349 g/mol. The molecular weight excluding hydrogens is 330 g/mol. The zero-order valence-electron chi connectivity index (χ0n) is 13.3. The predicted molar refractivity (Wildman–Crippen MR) is 91.4 cm³/mol. The SMILES string of the molecule is O=C(O)N1CCC(OCCCCc2cc(Cl)c3ncccc3n2)C1. The lowest BCUT2D eigenvalue weighted by molar-refractivity contribution is 0.0563. The van der Waals surface area contributed by atoms with E-state index in [2.05, 4.69) is 9.97 Å². The molecule has 24 heavy (non-hydrogen) atoms. The van der Waals surface area contributed by atoms with Crippen LogP contribution in [0.1, 0.15) is 25.0 Å². The molecule has 128 valence electrons. The maximum Gasteiger partial charge on any atom is 0.407 e. The highest BCUT2D eigenvalue weighted by Gasteiger charge is 2.26. The Labute approximate surface area is 145 Å². The molecular formula is C17H20ClN3O3. The van der Waals surface area contributed by atoms with Gasteiger partial charge in [-0.05, 0) is 43.9 Å². The Kier molecular flexibility index (Phi) is 5.48. The number of fused-ring (bicyclic) bond motifs is 1. The summed E-state index contributed by atoms with van der Waals surface area (Å²) in [5.74, 6) is 0. The minimum absolute atomic E-state index is 0.0282. The van der Waals surface area contributed by atoms with Gasteiger partial charge in [0.05, 0.1) is 23.2 Å². The second-order valence-corrected chi connectivity index (χ2v) is 6.34. The minimum Gasteiger partial charge on any atom is -0.465 e. The summed E-state index contributed by atoms with van der Waals surface area (Å²) in [4.78, 5) is 21.1. The van der Waals surface area contributed by atoms with Crippen LogP contribution in [0, 0.1) is 0 Å². The summed E-state index contributed by atoms with van der Waals surface area (Å²) in [7, 11) is 0. The number of aryl methyl sites for hydroxylation is 1. The van der Waals surface area contributed by atoms with Crippen LogP contribution in [-0.4, -0.2) is 51.9 Å². The molecule has 0 spiro atoms. The molecule has 0 aromatic carbocycles. The Bertz CT molecular complexity index is 725. The van der Waals surface area contributed by atoms with Crippen LogP contribution in [0.2, 0.25) is 5.02 Å². The normalized spacial score (nSPS) is 17.5. The Morgan fingerprint density at radius 1 is 1.46 bits per heavy atom. The largest absolute Gasteiger partial charge is 0.465 e. The van der Waals surface area contributed by atoms with Gasteiger partial charge in [-0.3, -0.25) is 9.97 Å². The topological polar surface area (TPSA) is 75.5 Å². The van der Waals surface area contributed by atoms with Crippen molar-refractivity contribution < 1.29 is 14.6 Å². The van der Waals surface area contributed by atoms with E-state index in [1.807, 2.05) is 18.2 Å². The molecule has 6 nitrogen and oxygen atoms in total. The van der Waals surface area contributed by atoms with Gasteiger partial charge in [0, 0.05) is 25.0 Å². The van der Waals surface area contributed by atoms with Gasteiger partial charge in [0.1, 0.15) is 5.52 Å². The van der Waals surface area contributed by atoms with Crippen molar-refractivity contribution in [3.63, 3.8) is 0 Å². The number of halogens is 1. The second kappa shape index (κ2) is 7.77. The van der Waals surface area contributed by atoms with Gasteiger partial charge in [-0.25, -0.2) is 4.79 Å². The molecule has 1 atom stereocenters. The number of pyridine rings is 2. The molecule has 7 heteroatoms.